The molecule has 0 radical (unpaired) electrons. The highest BCUT2D eigenvalue weighted by molar-refractivity contribution is 5.92. The van der Waals surface area contributed by atoms with Gasteiger partial charge < -0.3 is 4.90 Å². The molecule has 9 heteroatoms. The van der Waals surface area contributed by atoms with Gasteiger partial charge in [-0.25, -0.2) is 9.48 Å². The van der Waals surface area contributed by atoms with E-state index in [-0.39, 0.29) is 17.5 Å². The number of benzene rings is 1. The number of carbonyl (C=O) groups excluding carboxylic acids is 1. The van der Waals surface area contributed by atoms with Gasteiger partial charge in [0.1, 0.15) is 5.82 Å². The van der Waals surface area contributed by atoms with E-state index in [0.29, 0.717) is 24.8 Å². The molecule has 9 nitrogen and oxygen atoms in total. The van der Waals surface area contributed by atoms with Gasteiger partial charge in [-0.2, -0.15) is 15.0 Å². The minimum atomic E-state index is -0.105. The minimum absolute atomic E-state index is 0.0291. The molecule has 1 aromatic carbocycles. The molecule has 5 rings (SSSR count). The van der Waals surface area contributed by atoms with Crippen molar-refractivity contribution in [3.05, 3.63) is 58.5 Å². The van der Waals surface area contributed by atoms with Crippen LogP contribution < -0.4 is 5.69 Å². The lowest BCUT2D eigenvalue weighted by atomic mass is 9.95. The van der Waals surface area contributed by atoms with Gasteiger partial charge in [-0.3, -0.25) is 9.36 Å². The Labute approximate surface area is 167 Å². The Morgan fingerprint density at radius 1 is 1.03 bits per heavy atom. The third-order valence-corrected chi connectivity index (χ3v) is 5.74. The molecule has 0 bridgehead atoms. The number of piperidine rings is 1. The van der Waals surface area contributed by atoms with Gasteiger partial charge in [0.25, 0.3) is 5.91 Å². The van der Waals surface area contributed by atoms with Crippen LogP contribution in [-0.2, 0) is 7.05 Å². The van der Waals surface area contributed by atoms with Crippen LogP contribution in [0.3, 0.4) is 0 Å². The van der Waals surface area contributed by atoms with Crippen LogP contribution in [-0.4, -0.2) is 53.2 Å². The molecule has 0 atom stereocenters. The zero-order chi connectivity index (χ0) is 20.0. The topological polar surface area (TPSA) is 90.8 Å². The highest BCUT2D eigenvalue weighted by atomic mass is 16.2. The molecule has 3 heterocycles. The number of amides is 1. The molecule has 1 saturated carbocycles. The second-order valence-electron chi connectivity index (χ2n) is 7.79. The second-order valence-corrected chi connectivity index (χ2v) is 7.79. The molecule has 150 valence electrons. The van der Waals surface area contributed by atoms with Crippen molar-refractivity contribution in [1.82, 2.24) is 34.2 Å². The Bertz CT molecular complexity index is 1090. The van der Waals surface area contributed by atoms with Crippen LogP contribution in [0.2, 0.25) is 0 Å². The number of hydrogen-bond donors (Lipinski definition) is 0. The maximum atomic E-state index is 12.9. The summed E-state index contributed by atoms with van der Waals surface area (Å²) < 4.78 is 3.31. The van der Waals surface area contributed by atoms with Crippen molar-refractivity contribution in [2.45, 2.75) is 37.6 Å². The Morgan fingerprint density at radius 2 is 1.76 bits per heavy atom. The molecule has 1 aliphatic heterocycles. The van der Waals surface area contributed by atoms with Crippen molar-refractivity contribution in [1.29, 1.82) is 0 Å². The summed E-state index contributed by atoms with van der Waals surface area (Å²) in [5.41, 5.74) is 1.14. The van der Waals surface area contributed by atoms with Crippen molar-refractivity contribution < 1.29 is 4.79 Å². The van der Waals surface area contributed by atoms with Gasteiger partial charge in [0.05, 0.1) is 11.9 Å². The molecule has 0 N–H and O–H groups in total. The van der Waals surface area contributed by atoms with Crippen LogP contribution in [0.1, 0.15) is 54.0 Å². The molecule has 2 aliphatic rings. The Balaban J connectivity index is 1.28. The maximum Gasteiger partial charge on any atom is 0.345 e. The standard InChI is InChI=1S/C20H23N7O2/c1-24-20(29)26(15-7-8-15)18(23-24)14-9-11-25(12-10-14)19(28)17-13-21-27(22-17)16-5-3-2-4-6-16/h2-6,13-15H,7-12H2,1H3. The lowest BCUT2D eigenvalue weighted by Gasteiger charge is -2.31. The molecule has 0 spiro atoms. The fourth-order valence-corrected chi connectivity index (χ4v) is 4.00. The van der Waals surface area contributed by atoms with E-state index in [1.165, 1.54) is 15.7 Å². The average Bonchev–Trinajstić information content (AvgIpc) is 3.39. The third kappa shape index (κ3) is 3.26. The van der Waals surface area contributed by atoms with Gasteiger partial charge in [0.15, 0.2) is 5.69 Å². The molecule has 1 saturated heterocycles. The number of likely N-dealkylation sites (tertiary alicyclic amines) is 1. The largest absolute Gasteiger partial charge is 0.345 e. The van der Waals surface area contributed by atoms with Gasteiger partial charge in [-0.15, -0.1) is 5.10 Å². The van der Waals surface area contributed by atoms with E-state index >= 15 is 0 Å². The minimum Gasteiger partial charge on any atom is -0.337 e. The highest BCUT2D eigenvalue weighted by Crippen LogP contribution is 2.37. The normalized spacial score (nSPS) is 17.6. The SMILES string of the molecule is Cn1nc(C2CCN(C(=O)c3cnn(-c4ccccc4)n3)CC2)n(C2CC2)c1=O. The predicted molar refractivity (Wildman–Crippen MR) is 105 cm³/mol. The summed E-state index contributed by atoms with van der Waals surface area (Å²) in [5, 5.41) is 13.1. The summed E-state index contributed by atoms with van der Waals surface area (Å²) in [6.45, 7) is 1.24. The van der Waals surface area contributed by atoms with Gasteiger partial charge in [0.2, 0.25) is 0 Å². The number of aryl methyl sites for hydroxylation is 1. The van der Waals surface area contributed by atoms with E-state index in [4.69, 9.17) is 0 Å². The van der Waals surface area contributed by atoms with Crippen LogP contribution in [0.25, 0.3) is 5.69 Å². The summed E-state index contributed by atoms with van der Waals surface area (Å²) in [4.78, 5) is 28.5. The summed E-state index contributed by atoms with van der Waals surface area (Å²) >= 11 is 0. The smallest absolute Gasteiger partial charge is 0.337 e. The van der Waals surface area contributed by atoms with Crippen molar-refractivity contribution in [2.75, 3.05) is 13.1 Å². The number of rotatable bonds is 4. The molecule has 1 aliphatic carbocycles. The van der Waals surface area contributed by atoms with Crippen LogP contribution in [0.4, 0.5) is 0 Å². The highest BCUT2D eigenvalue weighted by Gasteiger charge is 2.34. The Morgan fingerprint density at radius 3 is 2.45 bits per heavy atom. The molecular weight excluding hydrogens is 370 g/mol. The maximum absolute atomic E-state index is 12.9. The monoisotopic (exact) mass is 393 g/mol. The van der Waals surface area contributed by atoms with Crippen molar-refractivity contribution in [2.24, 2.45) is 7.05 Å². The lowest BCUT2D eigenvalue weighted by molar-refractivity contribution is 0.0703. The lowest BCUT2D eigenvalue weighted by Crippen LogP contribution is -2.38. The van der Waals surface area contributed by atoms with Gasteiger partial charge in [0, 0.05) is 32.1 Å². The second kappa shape index (κ2) is 6.98. The van der Waals surface area contributed by atoms with Gasteiger partial charge in [-0.1, -0.05) is 18.2 Å². The van der Waals surface area contributed by atoms with Crippen LogP contribution in [0, 0.1) is 0 Å². The Kier molecular flexibility index (Phi) is 4.30. The van der Waals surface area contributed by atoms with E-state index in [1.54, 1.807) is 7.05 Å². The van der Waals surface area contributed by atoms with Gasteiger partial charge >= 0.3 is 5.69 Å². The zero-order valence-electron chi connectivity index (χ0n) is 16.3. The first kappa shape index (κ1) is 17.8. The number of para-hydroxylation sites is 1. The van der Waals surface area contributed by atoms with Crippen LogP contribution in [0.5, 0.6) is 0 Å². The summed E-state index contributed by atoms with van der Waals surface area (Å²) in [6.07, 6.45) is 5.20. The van der Waals surface area contributed by atoms with Crippen molar-refractivity contribution >= 4 is 5.91 Å². The summed E-state index contributed by atoms with van der Waals surface area (Å²) in [5.74, 6) is 0.974. The predicted octanol–water partition coefficient (Wildman–Crippen LogP) is 1.52. The van der Waals surface area contributed by atoms with Crippen molar-refractivity contribution in [3.63, 3.8) is 0 Å². The van der Waals surface area contributed by atoms with E-state index in [0.717, 1.165) is 37.2 Å². The molecular formula is C20H23N7O2. The molecule has 29 heavy (non-hydrogen) atoms. The number of hydrogen-bond acceptors (Lipinski definition) is 5. The first-order chi connectivity index (χ1) is 14.1. The average molecular weight is 393 g/mol. The first-order valence-corrected chi connectivity index (χ1v) is 10.0. The Hall–Kier alpha value is -3.23. The van der Waals surface area contributed by atoms with E-state index < -0.39 is 0 Å². The number of carbonyl (C=O) groups is 1. The molecule has 1 amide bonds. The fourth-order valence-electron chi connectivity index (χ4n) is 4.00. The molecule has 2 aromatic heterocycles. The van der Waals surface area contributed by atoms with Crippen LogP contribution >= 0.6 is 0 Å². The zero-order valence-corrected chi connectivity index (χ0v) is 16.3. The molecule has 0 unspecified atom stereocenters. The number of nitrogens with zero attached hydrogens (tertiary/aromatic N) is 7. The summed E-state index contributed by atoms with van der Waals surface area (Å²) in [7, 11) is 1.71. The summed E-state index contributed by atoms with van der Waals surface area (Å²) in [6, 6.07) is 9.83. The van der Waals surface area contributed by atoms with Gasteiger partial charge in [-0.05, 0) is 37.8 Å². The third-order valence-electron chi connectivity index (χ3n) is 5.74. The molecule has 3 aromatic rings. The van der Waals surface area contributed by atoms with E-state index in [1.807, 2.05) is 39.8 Å². The number of aromatic nitrogens is 6. The van der Waals surface area contributed by atoms with Crippen LogP contribution in [0.15, 0.2) is 41.3 Å². The fraction of sp³-hybridized carbons (Fsp3) is 0.450. The van der Waals surface area contributed by atoms with E-state index in [2.05, 4.69) is 15.3 Å². The first-order valence-electron chi connectivity index (χ1n) is 10.0. The quantitative estimate of drug-likeness (QED) is 0.670. The molecule has 2 fully saturated rings. The van der Waals surface area contributed by atoms with E-state index in [9.17, 15) is 9.59 Å². The van der Waals surface area contributed by atoms with Crippen molar-refractivity contribution in [3.8, 4) is 5.69 Å².